The van der Waals surface area contributed by atoms with Crippen molar-refractivity contribution in [3.8, 4) is 0 Å². The Morgan fingerprint density at radius 2 is 2.19 bits per heavy atom. The summed E-state index contributed by atoms with van der Waals surface area (Å²) in [6.45, 7) is 0.293. The third-order valence-corrected chi connectivity index (χ3v) is 5.92. The van der Waals surface area contributed by atoms with Gasteiger partial charge in [-0.25, -0.2) is 17.1 Å². The van der Waals surface area contributed by atoms with Gasteiger partial charge in [-0.3, -0.25) is 4.79 Å². The van der Waals surface area contributed by atoms with Gasteiger partial charge in [0.15, 0.2) is 0 Å². The second-order valence-corrected chi connectivity index (χ2v) is 7.86. The second-order valence-electron chi connectivity index (χ2n) is 5.04. The van der Waals surface area contributed by atoms with Gasteiger partial charge in [-0.1, -0.05) is 6.07 Å². The Bertz CT molecular complexity index is 650. The second kappa shape index (κ2) is 6.41. The Balaban J connectivity index is 2.14. The number of aliphatic carboxylic acids is 1. The molecule has 1 N–H and O–H groups in total. The number of hydrogen-bond acceptors (Lipinski definition) is 3. The molecule has 0 aliphatic carbocycles. The molecule has 116 valence electrons. The van der Waals surface area contributed by atoms with Gasteiger partial charge >= 0.3 is 5.97 Å². The molecule has 0 spiro atoms. The average molecular weight is 380 g/mol. The van der Waals surface area contributed by atoms with Crippen LogP contribution in [0.3, 0.4) is 0 Å². The first-order valence-electron chi connectivity index (χ1n) is 6.44. The average Bonchev–Trinajstić information content (AvgIpc) is 2.43. The standard InChI is InChI=1S/C13H15BrFNO4S/c14-11-4-3-9(6-12(11)15)8-21(19,20)16-5-1-2-10(7-16)13(17)18/h3-4,6,10H,1-2,5,7-8H2,(H,17,18). The topological polar surface area (TPSA) is 74.7 Å². The zero-order valence-corrected chi connectivity index (χ0v) is 13.5. The predicted octanol–water partition coefficient (Wildman–Crippen LogP) is 2.21. The molecule has 0 saturated carbocycles. The van der Waals surface area contributed by atoms with Crippen molar-refractivity contribution >= 4 is 31.9 Å². The van der Waals surface area contributed by atoms with E-state index in [9.17, 15) is 17.6 Å². The van der Waals surface area contributed by atoms with Crippen LogP contribution in [0.25, 0.3) is 0 Å². The van der Waals surface area contributed by atoms with Crippen LogP contribution in [0.15, 0.2) is 22.7 Å². The predicted molar refractivity (Wildman–Crippen MR) is 78.7 cm³/mol. The maximum Gasteiger partial charge on any atom is 0.307 e. The molecule has 1 atom stereocenters. The Hall–Kier alpha value is -0.990. The summed E-state index contributed by atoms with van der Waals surface area (Å²) in [6.07, 6.45) is 0.999. The number of nitrogens with zero attached hydrogens (tertiary/aromatic N) is 1. The van der Waals surface area contributed by atoms with Crippen molar-refractivity contribution < 1.29 is 22.7 Å². The minimum atomic E-state index is -3.64. The third-order valence-electron chi connectivity index (χ3n) is 3.46. The summed E-state index contributed by atoms with van der Waals surface area (Å²) in [7, 11) is -3.64. The summed E-state index contributed by atoms with van der Waals surface area (Å²) >= 11 is 3.01. The molecule has 1 aromatic rings. The van der Waals surface area contributed by atoms with Crippen molar-refractivity contribution in [1.82, 2.24) is 4.31 Å². The van der Waals surface area contributed by atoms with E-state index < -0.39 is 27.7 Å². The molecule has 0 aromatic heterocycles. The highest BCUT2D eigenvalue weighted by molar-refractivity contribution is 9.10. The highest BCUT2D eigenvalue weighted by Gasteiger charge is 2.32. The molecular formula is C13H15BrFNO4S. The molecule has 21 heavy (non-hydrogen) atoms. The van der Waals surface area contributed by atoms with E-state index in [2.05, 4.69) is 15.9 Å². The minimum absolute atomic E-state index is 0.0172. The SMILES string of the molecule is O=C(O)C1CCCN(S(=O)(=O)Cc2ccc(Br)c(F)c2)C1. The number of rotatable bonds is 4. The van der Waals surface area contributed by atoms with E-state index in [-0.39, 0.29) is 16.8 Å². The van der Waals surface area contributed by atoms with Gasteiger partial charge in [0.05, 0.1) is 16.1 Å². The van der Waals surface area contributed by atoms with Gasteiger partial charge in [0.1, 0.15) is 5.82 Å². The van der Waals surface area contributed by atoms with E-state index >= 15 is 0 Å². The van der Waals surface area contributed by atoms with Crippen molar-refractivity contribution in [3.63, 3.8) is 0 Å². The number of sulfonamides is 1. The Kier molecular flexibility index (Phi) is 5.00. The number of piperidine rings is 1. The van der Waals surface area contributed by atoms with Crippen LogP contribution < -0.4 is 0 Å². The van der Waals surface area contributed by atoms with Gasteiger partial charge in [0.2, 0.25) is 10.0 Å². The number of carboxylic acids is 1. The van der Waals surface area contributed by atoms with Crippen LogP contribution >= 0.6 is 15.9 Å². The fourth-order valence-electron chi connectivity index (χ4n) is 2.33. The van der Waals surface area contributed by atoms with Crippen LogP contribution in [0.4, 0.5) is 4.39 Å². The molecule has 5 nitrogen and oxygen atoms in total. The summed E-state index contributed by atoms with van der Waals surface area (Å²) in [4.78, 5) is 11.0. The molecule has 0 bridgehead atoms. The van der Waals surface area contributed by atoms with E-state index in [0.29, 0.717) is 24.9 Å². The molecule has 0 radical (unpaired) electrons. The van der Waals surface area contributed by atoms with Crippen molar-refractivity contribution in [1.29, 1.82) is 0 Å². The molecule has 1 heterocycles. The number of halogens is 2. The third kappa shape index (κ3) is 4.02. The van der Waals surface area contributed by atoms with E-state index in [1.54, 1.807) is 0 Å². The van der Waals surface area contributed by atoms with Crippen LogP contribution in [-0.4, -0.2) is 36.9 Å². The van der Waals surface area contributed by atoms with Crippen molar-refractivity contribution in [2.75, 3.05) is 13.1 Å². The fraction of sp³-hybridized carbons (Fsp3) is 0.462. The monoisotopic (exact) mass is 379 g/mol. The summed E-state index contributed by atoms with van der Waals surface area (Å²) in [5, 5.41) is 9.00. The van der Waals surface area contributed by atoms with Gasteiger partial charge in [0.25, 0.3) is 0 Å². The lowest BCUT2D eigenvalue weighted by Crippen LogP contribution is -2.42. The number of hydrogen-bond donors (Lipinski definition) is 1. The minimum Gasteiger partial charge on any atom is -0.481 e. The smallest absolute Gasteiger partial charge is 0.307 e. The molecule has 1 aliphatic heterocycles. The largest absolute Gasteiger partial charge is 0.481 e. The molecule has 2 rings (SSSR count). The highest BCUT2D eigenvalue weighted by atomic mass is 79.9. The first kappa shape index (κ1) is 16.4. The van der Waals surface area contributed by atoms with Gasteiger partial charge in [-0.05, 0) is 46.5 Å². The zero-order chi connectivity index (χ0) is 15.6. The van der Waals surface area contributed by atoms with Crippen LogP contribution in [0.5, 0.6) is 0 Å². The fourth-order valence-corrected chi connectivity index (χ4v) is 4.17. The van der Waals surface area contributed by atoms with Crippen LogP contribution in [-0.2, 0) is 20.6 Å². The van der Waals surface area contributed by atoms with Crippen LogP contribution in [0, 0.1) is 11.7 Å². The van der Waals surface area contributed by atoms with E-state index in [4.69, 9.17) is 5.11 Å². The Morgan fingerprint density at radius 1 is 1.48 bits per heavy atom. The van der Waals surface area contributed by atoms with Crippen molar-refractivity contribution in [3.05, 3.63) is 34.1 Å². The molecule has 1 aromatic carbocycles. The number of benzene rings is 1. The summed E-state index contributed by atoms with van der Waals surface area (Å²) in [6, 6.07) is 4.15. The van der Waals surface area contributed by atoms with Crippen LogP contribution in [0.2, 0.25) is 0 Å². The van der Waals surface area contributed by atoms with Gasteiger partial charge < -0.3 is 5.11 Å². The summed E-state index contributed by atoms with van der Waals surface area (Å²) < 4.78 is 39.5. The summed E-state index contributed by atoms with van der Waals surface area (Å²) in [5.74, 6) is -2.51. The molecule has 0 amide bonds. The number of carboxylic acid groups (broad SMARTS) is 1. The highest BCUT2D eigenvalue weighted by Crippen LogP contribution is 2.23. The maximum atomic E-state index is 13.4. The molecular weight excluding hydrogens is 365 g/mol. The van der Waals surface area contributed by atoms with Gasteiger partial charge in [-0.15, -0.1) is 0 Å². The molecule has 1 unspecified atom stereocenters. The first-order chi connectivity index (χ1) is 9.79. The Labute approximate surface area is 130 Å². The van der Waals surface area contributed by atoms with Crippen molar-refractivity contribution in [2.45, 2.75) is 18.6 Å². The van der Waals surface area contributed by atoms with E-state index in [0.717, 1.165) is 0 Å². The van der Waals surface area contributed by atoms with E-state index in [1.165, 1.54) is 22.5 Å². The number of carbonyl (C=O) groups is 1. The lowest BCUT2D eigenvalue weighted by molar-refractivity contribution is -0.142. The Morgan fingerprint density at radius 3 is 2.81 bits per heavy atom. The lowest BCUT2D eigenvalue weighted by atomic mass is 10.0. The maximum absolute atomic E-state index is 13.4. The van der Waals surface area contributed by atoms with Crippen molar-refractivity contribution in [2.24, 2.45) is 5.92 Å². The molecule has 1 saturated heterocycles. The lowest BCUT2D eigenvalue weighted by Gasteiger charge is -2.29. The van der Waals surface area contributed by atoms with Crippen LogP contribution in [0.1, 0.15) is 18.4 Å². The van der Waals surface area contributed by atoms with Gasteiger partial charge in [-0.2, -0.15) is 0 Å². The first-order valence-corrected chi connectivity index (χ1v) is 8.84. The summed E-state index contributed by atoms with van der Waals surface area (Å²) in [5.41, 5.74) is 0.341. The quantitative estimate of drug-likeness (QED) is 0.869. The molecule has 8 heteroatoms. The van der Waals surface area contributed by atoms with E-state index in [1.807, 2.05) is 0 Å². The molecule has 1 fully saturated rings. The molecule has 1 aliphatic rings. The van der Waals surface area contributed by atoms with Gasteiger partial charge in [0, 0.05) is 13.1 Å². The zero-order valence-electron chi connectivity index (χ0n) is 11.1. The normalized spacial score (nSPS) is 20.4.